The molecule has 0 aliphatic carbocycles. The Morgan fingerprint density at radius 2 is 2.09 bits per heavy atom. The topological polar surface area (TPSA) is 65.2 Å². The zero-order valence-corrected chi connectivity index (χ0v) is 12.6. The Bertz CT molecular complexity index is 501. The molecule has 2 aliphatic rings. The van der Waals surface area contributed by atoms with Crippen LogP contribution in [0.3, 0.4) is 0 Å². The number of carbonyl (C=O) groups is 1. The molecule has 0 aromatic heterocycles. The number of benzene rings is 1. The lowest BCUT2D eigenvalue weighted by Gasteiger charge is -2.12. The SMILES string of the molecule is O=C(NCCC1CCNC1)C1CC(c2ccc(F)cc2)NN1. The molecule has 0 bridgehead atoms. The van der Waals surface area contributed by atoms with Crippen molar-refractivity contribution >= 4 is 5.91 Å². The van der Waals surface area contributed by atoms with Gasteiger partial charge in [-0.3, -0.25) is 4.79 Å². The Kier molecular flexibility index (Phi) is 5.02. The summed E-state index contributed by atoms with van der Waals surface area (Å²) in [5, 5.41) is 6.34. The fraction of sp³-hybridized carbons (Fsp3) is 0.562. The Morgan fingerprint density at radius 1 is 1.27 bits per heavy atom. The van der Waals surface area contributed by atoms with Crippen LogP contribution < -0.4 is 21.5 Å². The van der Waals surface area contributed by atoms with E-state index in [9.17, 15) is 9.18 Å². The van der Waals surface area contributed by atoms with E-state index in [0.29, 0.717) is 12.3 Å². The number of amides is 1. The normalized spacial score (nSPS) is 28.0. The van der Waals surface area contributed by atoms with Gasteiger partial charge in [-0.1, -0.05) is 12.1 Å². The molecule has 2 heterocycles. The highest BCUT2D eigenvalue weighted by atomic mass is 19.1. The van der Waals surface area contributed by atoms with E-state index in [1.807, 2.05) is 0 Å². The largest absolute Gasteiger partial charge is 0.355 e. The molecule has 3 unspecified atom stereocenters. The third kappa shape index (κ3) is 3.82. The molecule has 1 amide bonds. The summed E-state index contributed by atoms with van der Waals surface area (Å²) in [6.07, 6.45) is 2.90. The van der Waals surface area contributed by atoms with Gasteiger partial charge in [0.1, 0.15) is 11.9 Å². The summed E-state index contributed by atoms with van der Waals surface area (Å²) in [5.74, 6) is 0.468. The lowest BCUT2D eigenvalue weighted by Crippen LogP contribution is -2.43. The van der Waals surface area contributed by atoms with Crippen molar-refractivity contribution in [1.29, 1.82) is 0 Å². The van der Waals surface area contributed by atoms with Gasteiger partial charge in [-0.15, -0.1) is 0 Å². The van der Waals surface area contributed by atoms with Gasteiger partial charge >= 0.3 is 0 Å². The van der Waals surface area contributed by atoms with Gasteiger partial charge in [-0.2, -0.15) is 0 Å². The molecule has 5 nitrogen and oxygen atoms in total. The maximum Gasteiger partial charge on any atom is 0.238 e. The van der Waals surface area contributed by atoms with Gasteiger partial charge in [0, 0.05) is 12.6 Å². The van der Waals surface area contributed by atoms with E-state index in [4.69, 9.17) is 0 Å². The predicted molar refractivity (Wildman–Crippen MR) is 82.4 cm³/mol. The second-order valence-corrected chi connectivity index (χ2v) is 6.12. The molecule has 22 heavy (non-hydrogen) atoms. The van der Waals surface area contributed by atoms with Crippen molar-refractivity contribution in [2.45, 2.75) is 31.3 Å². The number of hydrogen-bond donors (Lipinski definition) is 4. The highest BCUT2D eigenvalue weighted by Crippen LogP contribution is 2.22. The molecule has 6 heteroatoms. The van der Waals surface area contributed by atoms with Crippen LogP contribution in [0.4, 0.5) is 4.39 Å². The van der Waals surface area contributed by atoms with Crippen LogP contribution in [-0.2, 0) is 4.79 Å². The molecule has 3 rings (SSSR count). The molecule has 1 aromatic carbocycles. The Hall–Kier alpha value is -1.50. The highest BCUT2D eigenvalue weighted by molar-refractivity contribution is 5.82. The quantitative estimate of drug-likeness (QED) is 0.651. The van der Waals surface area contributed by atoms with E-state index in [-0.39, 0.29) is 23.8 Å². The van der Waals surface area contributed by atoms with E-state index >= 15 is 0 Å². The molecule has 2 aliphatic heterocycles. The molecule has 0 radical (unpaired) electrons. The van der Waals surface area contributed by atoms with E-state index in [0.717, 1.165) is 31.6 Å². The second kappa shape index (κ2) is 7.17. The standard InChI is InChI=1S/C16H23FN4O/c17-13-3-1-12(2-4-13)14-9-15(21-20-14)16(22)19-8-6-11-5-7-18-10-11/h1-4,11,14-15,18,20-21H,5-10H2,(H,19,22). The minimum Gasteiger partial charge on any atom is -0.355 e. The van der Waals surface area contributed by atoms with Gasteiger partial charge in [0.25, 0.3) is 0 Å². The zero-order chi connectivity index (χ0) is 15.4. The summed E-state index contributed by atoms with van der Waals surface area (Å²) >= 11 is 0. The van der Waals surface area contributed by atoms with Crippen LogP contribution >= 0.6 is 0 Å². The molecule has 0 spiro atoms. The number of nitrogens with one attached hydrogen (secondary N) is 4. The smallest absolute Gasteiger partial charge is 0.238 e. The van der Waals surface area contributed by atoms with E-state index < -0.39 is 0 Å². The van der Waals surface area contributed by atoms with Crippen molar-refractivity contribution in [3.05, 3.63) is 35.6 Å². The molecule has 4 N–H and O–H groups in total. The van der Waals surface area contributed by atoms with Gasteiger partial charge < -0.3 is 10.6 Å². The van der Waals surface area contributed by atoms with Crippen LogP contribution in [0, 0.1) is 11.7 Å². The molecule has 2 fully saturated rings. The van der Waals surface area contributed by atoms with Crippen molar-refractivity contribution in [3.63, 3.8) is 0 Å². The fourth-order valence-corrected chi connectivity index (χ4v) is 3.13. The van der Waals surface area contributed by atoms with Crippen LogP contribution in [0.1, 0.15) is 30.9 Å². The van der Waals surface area contributed by atoms with Gasteiger partial charge in [0.05, 0.1) is 0 Å². The maximum atomic E-state index is 12.9. The highest BCUT2D eigenvalue weighted by Gasteiger charge is 2.30. The molecule has 0 saturated carbocycles. The van der Waals surface area contributed by atoms with Crippen molar-refractivity contribution in [2.24, 2.45) is 5.92 Å². The average Bonchev–Trinajstić information content (AvgIpc) is 3.19. The predicted octanol–water partition coefficient (Wildman–Crippen LogP) is 0.849. The first-order valence-corrected chi connectivity index (χ1v) is 7.97. The van der Waals surface area contributed by atoms with Crippen LogP contribution in [0.5, 0.6) is 0 Å². The summed E-state index contributed by atoms with van der Waals surface area (Å²) in [7, 11) is 0. The molecule has 120 valence electrons. The fourth-order valence-electron chi connectivity index (χ4n) is 3.13. The van der Waals surface area contributed by atoms with Crippen LogP contribution in [0.2, 0.25) is 0 Å². The summed E-state index contributed by atoms with van der Waals surface area (Å²) in [6.45, 7) is 2.88. The lowest BCUT2D eigenvalue weighted by atomic mass is 10.0. The van der Waals surface area contributed by atoms with Crippen LogP contribution in [0.15, 0.2) is 24.3 Å². The number of halogens is 1. The van der Waals surface area contributed by atoms with E-state index in [1.54, 1.807) is 12.1 Å². The van der Waals surface area contributed by atoms with Crippen LogP contribution in [-0.4, -0.2) is 31.6 Å². The minimum absolute atomic E-state index is 0.0306. The first-order chi connectivity index (χ1) is 10.7. The summed E-state index contributed by atoms with van der Waals surface area (Å²) in [5.41, 5.74) is 7.13. The summed E-state index contributed by atoms with van der Waals surface area (Å²) in [6, 6.07) is 6.19. The lowest BCUT2D eigenvalue weighted by molar-refractivity contribution is -0.122. The number of rotatable bonds is 5. The summed E-state index contributed by atoms with van der Waals surface area (Å²) < 4.78 is 12.9. The number of hydrogen-bond acceptors (Lipinski definition) is 4. The Balaban J connectivity index is 1.43. The average molecular weight is 306 g/mol. The molecule has 2 saturated heterocycles. The maximum absolute atomic E-state index is 12.9. The van der Waals surface area contributed by atoms with E-state index in [2.05, 4.69) is 21.5 Å². The minimum atomic E-state index is -0.245. The third-order valence-corrected chi connectivity index (χ3v) is 4.51. The molecule has 1 aromatic rings. The Morgan fingerprint density at radius 3 is 2.82 bits per heavy atom. The van der Waals surface area contributed by atoms with Crippen molar-refractivity contribution in [2.75, 3.05) is 19.6 Å². The summed E-state index contributed by atoms with van der Waals surface area (Å²) in [4.78, 5) is 12.2. The first-order valence-electron chi connectivity index (χ1n) is 7.97. The number of hydrazine groups is 1. The van der Waals surface area contributed by atoms with Gasteiger partial charge in [0.2, 0.25) is 5.91 Å². The molecular formula is C16H23FN4O. The number of carbonyl (C=O) groups excluding carboxylic acids is 1. The van der Waals surface area contributed by atoms with Gasteiger partial charge in [-0.25, -0.2) is 15.2 Å². The third-order valence-electron chi connectivity index (χ3n) is 4.51. The van der Waals surface area contributed by atoms with Crippen molar-refractivity contribution in [3.8, 4) is 0 Å². The zero-order valence-electron chi connectivity index (χ0n) is 12.6. The van der Waals surface area contributed by atoms with E-state index in [1.165, 1.54) is 18.6 Å². The first kappa shape index (κ1) is 15.4. The monoisotopic (exact) mass is 306 g/mol. The van der Waals surface area contributed by atoms with Crippen LogP contribution in [0.25, 0.3) is 0 Å². The Labute approximate surface area is 130 Å². The van der Waals surface area contributed by atoms with Crippen molar-refractivity contribution in [1.82, 2.24) is 21.5 Å². The molecular weight excluding hydrogens is 283 g/mol. The van der Waals surface area contributed by atoms with Gasteiger partial charge in [-0.05, 0) is 56.0 Å². The molecule has 3 atom stereocenters. The van der Waals surface area contributed by atoms with Gasteiger partial charge in [0.15, 0.2) is 0 Å². The van der Waals surface area contributed by atoms with Crippen molar-refractivity contribution < 1.29 is 9.18 Å². The second-order valence-electron chi connectivity index (χ2n) is 6.12.